The zero-order valence-corrected chi connectivity index (χ0v) is 10.9. The van der Waals surface area contributed by atoms with Crippen molar-refractivity contribution in [2.45, 2.75) is 25.0 Å². The summed E-state index contributed by atoms with van der Waals surface area (Å²) in [5, 5.41) is 9.67. The lowest BCUT2D eigenvalue weighted by Gasteiger charge is -2.23. The van der Waals surface area contributed by atoms with E-state index < -0.39 is 12.1 Å². The molecule has 5 heteroatoms. The van der Waals surface area contributed by atoms with Gasteiger partial charge in [0.05, 0.1) is 20.3 Å². The largest absolute Gasteiger partial charge is 0.490 e. The minimum atomic E-state index is -1.25. The Balaban J connectivity index is 1.95. The Hall–Kier alpha value is -1.59. The van der Waals surface area contributed by atoms with Gasteiger partial charge in [0.25, 0.3) is 0 Å². The highest BCUT2D eigenvalue weighted by molar-refractivity contribution is 5.76. The Labute approximate surface area is 112 Å². The lowest BCUT2D eigenvalue weighted by atomic mass is 10.1. The van der Waals surface area contributed by atoms with Crippen LogP contribution in [0.1, 0.15) is 24.5 Å². The summed E-state index contributed by atoms with van der Waals surface area (Å²) < 4.78 is 15.5. The van der Waals surface area contributed by atoms with Gasteiger partial charge in [-0.3, -0.25) is 0 Å². The van der Waals surface area contributed by atoms with Gasteiger partial charge in [0, 0.05) is 12.8 Å². The summed E-state index contributed by atoms with van der Waals surface area (Å²) in [5.41, 5.74) is 0.492. The molecule has 1 unspecified atom stereocenters. The van der Waals surface area contributed by atoms with E-state index in [9.17, 15) is 9.90 Å². The average molecular weight is 266 g/mol. The lowest BCUT2D eigenvalue weighted by molar-refractivity contribution is -0.150. The number of ether oxygens (including phenoxy) is 3. The third kappa shape index (κ3) is 3.68. The molecular weight excluding hydrogens is 248 g/mol. The quantitative estimate of drug-likeness (QED) is 0.836. The van der Waals surface area contributed by atoms with Gasteiger partial charge in [0.1, 0.15) is 11.9 Å². The summed E-state index contributed by atoms with van der Waals surface area (Å²) in [4.78, 5) is 11.2. The van der Waals surface area contributed by atoms with E-state index >= 15 is 0 Å². The minimum Gasteiger partial charge on any atom is -0.490 e. The summed E-state index contributed by atoms with van der Waals surface area (Å²) >= 11 is 0. The van der Waals surface area contributed by atoms with Crippen LogP contribution in [0.4, 0.5) is 0 Å². The van der Waals surface area contributed by atoms with Gasteiger partial charge in [-0.1, -0.05) is 12.1 Å². The van der Waals surface area contributed by atoms with Crippen molar-refractivity contribution in [1.29, 1.82) is 0 Å². The van der Waals surface area contributed by atoms with Crippen LogP contribution < -0.4 is 4.74 Å². The van der Waals surface area contributed by atoms with E-state index in [0.29, 0.717) is 5.56 Å². The molecule has 0 amide bonds. The third-order valence-electron chi connectivity index (χ3n) is 3.09. The van der Waals surface area contributed by atoms with Gasteiger partial charge in [-0.2, -0.15) is 0 Å². The molecule has 2 rings (SSSR count). The molecule has 1 aliphatic rings. The van der Waals surface area contributed by atoms with Crippen molar-refractivity contribution in [1.82, 2.24) is 0 Å². The summed E-state index contributed by atoms with van der Waals surface area (Å²) in [7, 11) is 1.24. The first kappa shape index (κ1) is 13.8. The van der Waals surface area contributed by atoms with Gasteiger partial charge in [-0.15, -0.1) is 0 Å². The van der Waals surface area contributed by atoms with Crippen LogP contribution in [0, 0.1) is 0 Å². The highest BCUT2D eigenvalue weighted by Crippen LogP contribution is 2.21. The Bertz CT molecular complexity index is 408. The molecular formula is C14H18O5. The maximum Gasteiger partial charge on any atom is 0.339 e. The van der Waals surface area contributed by atoms with Gasteiger partial charge in [-0.25, -0.2) is 4.79 Å². The fourth-order valence-electron chi connectivity index (χ4n) is 1.96. The molecule has 1 atom stereocenters. The van der Waals surface area contributed by atoms with Crippen LogP contribution in [0.3, 0.4) is 0 Å². The van der Waals surface area contributed by atoms with Crippen molar-refractivity contribution in [3.05, 3.63) is 29.8 Å². The molecule has 1 saturated heterocycles. The van der Waals surface area contributed by atoms with E-state index in [0.717, 1.165) is 31.8 Å². The van der Waals surface area contributed by atoms with Crippen LogP contribution in [0.5, 0.6) is 5.75 Å². The predicted octanol–water partition coefficient (Wildman–Crippen LogP) is 1.45. The Morgan fingerprint density at radius 3 is 2.53 bits per heavy atom. The van der Waals surface area contributed by atoms with Crippen LogP contribution in [-0.4, -0.2) is 37.5 Å². The Morgan fingerprint density at radius 2 is 1.95 bits per heavy atom. The van der Waals surface area contributed by atoms with E-state index in [2.05, 4.69) is 4.74 Å². The van der Waals surface area contributed by atoms with Crippen LogP contribution in [0.2, 0.25) is 0 Å². The second-order valence-electron chi connectivity index (χ2n) is 4.42. The number of carbonyl (C=O) groups excluding carboxylic acids is 1. The molecule has 0 aromatic heterocycles. The molecule has 5 nitrogen and oxygen atoms in total. The van der Waals surface area contributed by atoms with Gasteiger partial charge in [-0.05, 0) is 17.7 Å². The number of aliphatic hydroxyl groups is 1. The van der Waals surface area contributed by atoms with E-state index in [-0.39, 0.29) is 6.10 Å². The minimum absolute atomic E-state index is 0.171. The van der Waals surface area contributed by atoms with Gasteiger partial charge in [0.15, 0.2) is 6.10 Å². The maximum atomic E-state index is 11.2. The first-order valence-corrected chi connectivity index (χ1v) is 6.31. The second kappa shape index (κ2) is 6.54. The summed E-state index contributed by atoms with van der Waals surface area (Å²) in [5.74, 6) is 0.0609. The second-order valence-corrected chi connectivity index (χ2v) is 4.42. The molecule has 1 fully saturated rings. The highest BCUT2D eigenvalue weighted by Gasteiger charge is 2.18. The normalized spacial score (nSPS) is 17.8. The summed E-state index contributed by atoms with van der Waals surface area (Å²) in [6, 6.07) is 6.82. The van der Waals surface area contributed by atoms with Crippen molar-refractivity contribution in [2.24, 2.45) is 0 Å². The number of methoxy groups -OCH3 is 1. The van der Waals surface area contributed by atoms with Gasteiger partial charge in [0.2, 0.25) is 0 Å². The number of rotatable bonds is 4. The molecule has 104 valence electrons. The Morgan fingerprint density at radius 1 is 1.32 bits per heavy atom. The molecule has 1 N–H and O–H groups in total. The highest BCUT2D eigenvalue weighted by atomic mass is 16.5. The summed E-state index contributed by atoms with van der Waals surface area (Å²) in [6.45, 7) is 1.45. The number of aliphatic hydroxyl groups excluding tert-OH is 1. The molecule has 0 spiro atoms. The molecule has 0 aliphatic carbocycles. The standard InChI is InChI=1S/C14H18O5/c1-17-14(16)13(15)10-2-4-11(5-3-10)19-12-6-8-18-9-7-12/h2-5,12-13,15H,6-9H2,1H3. The molecule has 19 heavy (non-hydrogen) atoms. The number of hydrogen-bond acceptors (Lipinski definition) is 5. The SMILES string of the molecule is COC(=O)C(O)c1ccc(OC2CCOCC2)cc1. The van der Waals surface area contributed by atoms with Gasteiger partial charge >= 0.3 is 5.97 Å². The summed E-state index contributed by atoms with van der Waals surface area (Å²) in [6.07, 6.45) is 0.686. The zero-order chi connectivity index (χ0) is 13.7. The topological polar surface area (TPSA) is 65.0 Å². The molecule has 1 aromatic carbocycles. The first-order valence-electron chi connectivity index (χ1n) is 6.31. The number of esters is 1. The number of carbonyl (C=O) groups is 1. The average Bonchev–Trinajstić information content (AvgIpc) is 2.47. The van der Waals surface area contributed by atoms with Crippen LogP contribution in [-0.2, 0) is 14.3 Å². The third-order valence-corrected chi connectivity index (χ3v) is 3.09. The zero-order valence-electron chi connectivity index (χ0n) is 10.9. The van der Waals surface area contributed by atoms with Crippen molar-refractivity contribution in [2.75, 3.05) is 20.3 Å². The monoisotopic (exact) mass is 266 g/mol. The molecule has 0 radical (unpaired) electrons. The van der Waals surface area contributed by atoms with Crippen LogP contribution >= 0.6 is 0 Å². The lowest BCUT2D eigenvalue weighted by Crippen LogP contribution is -2.25. The van der Waals surface area contributed by atoms with Crippen molar-refractivity contribution < 1.29 is 24.1 Å². The Kier molecular flexibility index (Phi) is 4.76. The molecule has 0 bridgehead atoms. The van der Waals surface area contributed by atoms with Crippen LogP contribution in [0.15, 0.2) is 24.3 Å². The van der Waals surface area contributed by atoms with E-state index in [4.69, 9.17) is 9.47 Å². The molecule has 1 aromatic rings. The van der Waals surface area contributed by atoms with Crippen molar-refractivity contribution in [3.63, 3.8) is 0 Å². The maximum absolute atomic E-state index is 11.2. The van der Waals surface area contributed by atoms with E-state index in [1.807, 2.05) is 0 Å². The number of benzene rings is 1. The smallest absolute Gasteiger partial charge is 0.339 e. The molecule has 1 heterocycles. The van der Waals surface area contributed by atoms with E-state index in [1.165, 1.54) is 7.11 Å². The molecule has 0 saturated carbocycles. The number of hydrogen-bond donors (Lipinski definition) is 1. The van der Waals surface area contributed by atoms with Crippen molar-refractivity contribution >= 4 is 5.97 Å². The van der Waals surface area contributed by atoms with E-state index in [1.54, 1.807) is 24.3 Å². The predicted molar refractivity (Wildman–Crippen MR) is 67.9 cm³/mol. The fourth-order valence-corrected chi connectivity index (χ4v) is 1.96. The van der Waals surface area contributed by atoms with Gasteiger partial charge < -0.3 is 19.3 Å². The van der Waals surface area contributed by atoms with Crippen LogP contribution in [0.25, 0.3) is 0 Å². The van der Waals surface area contributed by atoms with Crippen molar-refractivity contribution in [3.8, 4) is 5.75 Å². The molecule has 1 aliphatic heterocycles. The first-order chi connectivity index (χ1) is 9.20. The fraction of sp³-hybridized carbons (Fsp3) is 0.500.